The first-order chi connectivity index (χ1) is 18.3. The number of carbonyl (C=O) groups excluding carboxylic acids is 1. The van der Waals surface area contributed by atoms with E-state index in [9.17, 15) is 18.3 Å². The van der Waals surface area contributed by atoms with Crippen molar-refractivity contribution in [3.05, 3.63) is 57.6 Å². The number of halogens is 1. The minimum Gasteiger partial charge on any atom is -0.496 e. The van der Waals surface area contributed by atoms with Crippen molar-refractivity contribution in [3.8, 4) is 5.75 Å². The highest BCUT2D eigenvalue weighted by molar-refractivity contribution is 7.89. The Morgan fingerprint density at radius 2 is 1.74 bits per heavy atom. The van der Waals surface area contributed by atoms with Crippen LogP contribution in [-0.4, -0.2) is 75.1 Å². The van der Waals surface area contributed by atoms with Gasteiger partial charge in [-0.1, -0.05) is 37.6 Å². The summed E-state index contributed by atoms with van der Waals surface area (Å²) in [7, 11) is -2.23. The van der Waals surface area contributed by atoms with Crippen molar-refractivity contribution in [3.63, 3.8) is 0 Å². The van der Waals surface area contributed by atoms with E-state index in [4.69, 9.17) is 21.1 Å². The second-order valence-electron chi connectivity index (χ2n) is 10.7. The maximum atomic E-state index is 13.8. The van der Waals surface area contributed by atoms with Gasteiger partial charge in [0, 0.05) is 31.2 Å². The fraction of sp³-hybridized carbons (Fsp3) is 0.552. The van der Waals surface area contributed by atoms with Crippen LogP contribution >= 0.6 is 11.6 Å². The van der Waals surface area contributed by atoms with Gasteiger partial charge in [-0.25, -0.2) is 8.42 Å². The molecule has 0 bridgehead atoms. The molecule has 1 heterocycles. The normalized spacial score (nSPS) is 15.7. The summed E-state index contributed by atoms with van der Waals surface area (Å²) >= 11 is 5.96. The number of ether oxygens (including phenoxy) is 2. The molecule has 1 N–H and O–H groups in total. The molecule has 0 atom stereocenters. The Bertz CT molecular complexity index is 1260. The Kier molecular flexibility index (Phi) is 10.5. The lowest BCUT2D eigenvalue weighted by Gasteiger charge is -2.38. The van der Waals surface area contributed by atoms with Crippen LogP contribution in [0.2, 0.25) is 5.02 Å². The average Bonchev–Trinajstić information content (AvgIpc) is 2.88. The molecule has 39 heavy (non-hydrogen) atoms. The zero-order valence-electron chi connectivity index (χ0n) is 23.8. The molecule has 2 aromatic carbocycles. The van der Waals surface area contributed by atoms with E-state index in [0.29, 0.717) is 59.3 Å². The van der Waals surface area contributed by atoms with Crippen molar-refractivity contribution in [2.75, 3.05) is 46.5 Å². The third-order valence-electron chi connectivity index (χ3n) is 7.40. The highest BCUT2D eigenvalue weighted by atomic mass is 35.5. The number of carbonyl (C=O) groups is 1. The van der Waals surface area contributed by atoms with E-state index in [-0.39, 0.29) is 31.6 Å². The summed E-state index contributed by atoms with van der Waals surface area (Å²) in [5, 5.41) is 11.7. The molecule has 1 fully saturated rings. The Hall–Kier alpha value is -2.17. The van der Waals surface area contributed by atoms with E-state index in [2.05, 4.69) is 0 Å². The van der Waals surface area contributed by atoms with Crippen LogP contribution in [0.3, 0.4) is 0 Å². The maximum absolute atomic E-state index is 13.8. The number of aliphatic hydroxyl groups is 1. The number of sulfonamides is 1. The molecule has 1 amide bonds. The standard InChI is InChI=1S/C29H41ClN2O6S/c1-20(2)18-32(39(35,36)28-21(3)17-26(37-6)22(4)23(28)5)15-16-38-19-27(33)31-13-11-29(34,12-14-31)24-7-9-25(30)10-8-24/h7-10,17,20,34H,11-16,18-19H2,1-6H3. The van der Waals surface area contributed by atoms with Crippen LogP contribution in [0.4, 0.5) is 0 Å². The van der Waals surface area contributed by atoms with Crippen molar-refractivity contribution >= 4 is 27.5 Å². The number of hydrogen-bond donors (Lipinski definition) is 1. The van der Waals surface area contributed by atoms with Gasteiger partial charge in [-0.3, -0.25) is 4.79 Å². The molecule has 0 aliphatic carbocycles. The molecule has 1 saturated heterocycles. The fourth-order valence-electron chi connectivity index (χ4n) is 5.07. The summed E-state index contributed by atoms with van der Waals surface area (Å²) in [5.74, 6) is 0.587. The lowest BCUT2D eigenvalue weighted by atomic mass is 9.84. The smallest absolute Gasteiger partial charge is 0.248 e. The molecule has 0 aromatic heterocycles. The molecular formula is C29H41ClN2O6S. The molecule has 2 aromatic rings. The van der Waals surface area contributed by atoms with Gasteiger partial charge in [-0.05, 0) is 80.0 Å². The van der Waals surface area contributed by atoms with Gasteiger partial charge >= 0.3 is 0 Å². The van der Waals surface area contributed by atoms with Gasteiger partial charge in [0.15, 0.2) is 0 Å². The summed E-state index contributed by atoms with van der Waals surface area (Å²) in [5.41, 5.74) is 1.88. The molecule has 0 unspecified atom stereocenters. The first kappa shape index (κ1) is 31.4. The minimum absolute atomic E-state index is 0.0907. The highest BCUT2D eigenvalue weighted by Crippen LogP contribution is 2.34. The van der Waals surface area contributed by atoms with Gasteiger partial charge in [0.1, 0.15) is 12.4 Å². The molecule has 216 valence electrons. The quantitative estimate of drug-likeness (QED) is 0.395. The van der Waals surface area contributed by atoms with Crippen LogP contribution in [0, 0.1) is 26.7 Å². The molecule has 0 radical (unpaired) electrons. The molecule has 1 aliphatic rings. The van der Waals surface area contributed by atoms with Gasteiger partial charge in [-0.2, -0.15) is 4.31 Å². The van der Waals surface area contributed by atoms with Gasteiger partial charge in [0.2, 0.25) is 15.9 Å². The number of piperidine rings is 1. The van der Waals surface area contributed by atoms with E-state index >= 15 is 0 Å². The number of hydrogen-bond acceptors (Lipinski definition) is 6. The van der Waals surface area contributed by atoms with Crippen LogP contribution in [0.1, 0.15) is 48.9 Å². The van der Waals surface area contributed by atoms with Crippen LogP contribution < -0.4 is 4.74 Å². The Labute approximate surface area is 237 Å². The molecule has 0 spiro atoms. The number of likely N-dealkylation sites (tertiary alicyclic amines) is 1. The monoisotopic (exact) mass is 580 g/mol. The Morgan fingerprint density at radius 1 is 1.13 bits per heavy atom. The first-order valence-corrected chi connectivity index (χ1v) is 15.1. The number of rotatable bonds is 11. The predicted octanol–water partition coefficient (Wildman–Crippen LogP) is 4.45. The fourth-order valence-corrected chi connectivity index (χ4v) is 7.27. The topological polar surface area (TPSA) is 96.4 Å². The molecule has 10 heteroatoms. The van der Waals surface area contributed by atoms with E-state index in [0.717, 1.165) is 11.1 Å². The lowest BCUT2D eigenvalue weighted by molar-refractivity contribution is -0.140. The molecular weight excluding hydrogens is 540 g/mol. The average molecular weight is 581 g/mol. The summed E-state index contributed by atoms with van der Waals surface area (Å²) in [4.78, 5) is 14.7. The number of methoxy groups -OCH3 is 1. The van der Waals surface area contributed by atoms with Gasteiger partial charge in [0.25, 0.3) is 0 Å². The van der Waals surface area contributed by atoms with Gasteiger partial charge < -0.3 is 19.5 Å². The number of amides is 1. The maximum Gasteiger partial charge on any atom is 0.248 e. The van der Waals surface area contributed by atoms with Gasteiger partial charge in [-0.15, -0.1) is 0 Å². The summed E-state index contributed by atoms with van der Waals surface area (Å²) in [6, 6.07) is 8.89. The highest BCUT2D eigenvalue weighted by Gasteiger charge is 2.35. The largest absolute Gasteiger partial charge is 0.496 e. The van der Waals surface area contributed by atoms with Crippen molar-refractivity contribution in [2.24, 2.45) is 5.92 Å². The Balaban J connectivity index is 1.59. The van der Waals surface area contributed by atoms with E-state index in [1.807, 2.05) is 32.9 Å². The minimum atomic E-state index is -3.80. The van der Waals surface area contributed by atoms with E-state index in [1.165, 1.54) is 4.31 Å². The van der Waals surface area contributed by atoms with Crippen molar-refractivity contribution < 1.29 is 27.8 Å². The second kappa shape index (κ2) is 13.0. The van der Waals surface area contributed by atoms with Crippen LogP contribution in [0.25, 0.3) is 0 Å². The van der Waals surface area contributed by atoms with Crippen molar-refractivity contribution in [2.45, 2.75) is 58.0 Å². The zero-order valence-corrected chi connectivity index (χ0v) is 25.4. The van der Waals surface area contributed by atoms with E-state index in [1.54, 1.807) is 44.1 Å². The summed E-state index contributed by atoms with van der Waals surface area (Å²) in [6.07, 6.45) is 0.835. The SMILES string of the molecule is COc1cc(C)c(S(=O)(=O)N(CCOCC(=O)N2CCC(O)(c3ccc(Cl)cc3)CC2)CC(C)C)c(C)c1C. The third kappa shape index (κ3) is 7.32. The molecule has 8 nitrogen and oxygen atoms in total. The summed E-state index contributed by atoms with van der Waals surface area (Å²) in [6.45, 7) is 10.6. The number of aryl methyl sites for hydroxylation is 1. The Morgan fingerprint density at radius 3 is 2.31 bits per heavy atom. The molecule has 1 aliphatic heterocycles. The zero-order chi connectivity index (χ0) is 29.0. The van der Waals surface area contributed by atoms with Gasteiger partial charge in [0.05, 0.1) is 24.2 Å². The summed E-state index contributed by atoms with van der Waals surface area (Å²) < 4.78 is 40.0. The van der Waals surface area contributed by atoms with E-state index < -0.39 is 15.6 Å². The van der Waals surface area contributed by atoms with Crippen LogP contribution in [0.5, 0.6) is 5.75 Å². The number of benzene rings is 2. The third-order valence-corrected chi connectivity index (χ3v) is 9.81. The number of nitrogens with zero attached hydrogens (tertiary/aromatic N) is 2. The second-order valence-corrected chi connectivity index (χ2v) is 13.0. The molecule has 3 rings (SSSR count). The van der Waals surface area contributed by atoms with Crippen molar-refractivity contribution in [1.82, 2.24) is 9.21 Å². The van der Waals surface area contributed by atoms with Crippen molar-refractivity contribution in [1.29, 1.82) is 0 Å². The predicted molar refractivity (Wildman–Crippen MR) is 153 cm³/mol. The lowest BCUT2D eigenvalue weighted by Crippen LogP contribution is -2.46. The van der Waals surface area contributed by atoms with Crippen LogP contribution in [0.15, 0.2) is 35.2 Å². The van der Waals surface area contributed by atoms with Crippen LogP contribution in [-0.2, 0) is 25.2 Å². The molecule has 0 saturated carbocycles. The first-order valence-electron chi connectivity index (χ1n) is 13.3.